The lowest BCUT2D eigenvalue weighted by molar-refractivity contribution is 0.538. The molecule has 1 aliphatic rings. The maximum Gasteiger partial charge on any atom is 0.0694 e. The molecule has 3 nitrogen and oxygen atoms in total. The molecule has 2 rings (SSSR count). The second-order valence-corrected chi connectivity index (χ2v) is 3.52. The van der Waals surface area contributed by atoms with Crippen LogP contribution in [0.25, 0.3) is 0 Å². The Balaban J connectivity index is 1.92. The van der Waals surface area contributed by atoms with Crippen LogP contribution in [0.1, 0.15) is 12.0 Å². The molecule has 1 aliphatic heterocycles. The van der Waals surface area contributed by atoms with Gasteiger partial charge < -0.3 is 5.73 Å². The summed E-state index contributed by atoms with van der Waals surface area (Å²) >= 11 is 0. The van der Waals surface area contributed by atoms with Crippen molar-refractivity contribution in [2.24, 2.45) is 5.73 Å². The van der Waals surface area contributed by atoms with Gasteiger partial charge >= 0.3 is 0 Å². The standard InChI is InChI=1S/C10H15N3/c11-10-7-9(12-13-10)6-8-4-2-1-3-5-8/h1-5,9-10,12-13H,6-7,11H2. The summed E-state index contributed by atoms with van der Waals surface area (Å²) in [5.74, 6) is 0. The van der Waals surface area contributed by atoms with E-state index in [2.05, 4.69) is 35.1 Å². The van der Waals surface area contributed by atoms with Gasteiger partial charge in [0.2, 0.25) is 0 Å². The third-order valence-electron chi connectivity index (χ3n) is 2.34. The van der Waals surface area contributed by atoms with Crippen molar-refractivity contribution < 1.29 is 0 Å². The molecule has 0 aliphatic carbocycles. The Labute approximate surface area is 78.3 Å². The topological polar surface area (TPSA) is 50.1 Å². The van der Waals surface area contributed by atoms with Crippen LogP contribution in [0.15, 0.2) is 30.3 Å². The summed E-state index contributed by atoms with van der Waals surface area (Å²) in [6.07, 6.45) is 2.14. The van der Waals surface area contributed by atoms with Crippen molar-refractivity contribution in [1.82, 2.24) is 10.9 Å². The normalized spacial score (nSPS) is 27.8. The summed E-state index contributed by atoms with van der Waals surface area (Å²) in [6.45, 7) is 0. The first kappa shape index (κ1) is 8.69. The number of hydrogen-bond acceptors (Lipinski definition) is 3. The predicted octanol–water partition coefficient (Wildman–Crippen LogP) is 0.380. The Hall–Kier alpha value is -0.900. The summed E-state index contributed by atoms with van der Waals surface area (Å²) in [5.41, 5.74) is 13.3. The van der Waals surface area contributed by atoms with Gasteiger partial charge in [0.25, 0.3) is 0 Å². The lowest BCUT2D eigenvalue weighted by atomic mass is 10.0. The SMILES string of the molecule is NC1CC(Cc2ccccc2)NN1. The van der Waals surface area contributed by atoms with E-state index in [0.717, 1.165) is 12.8 Å². The lowest BCUT2D eigenvalue weighted by Gasteiger charge is -2.08. The van der Waals surface area contributed by atoms with Crippen molar-refractivity contribution in [1.29, 1.82) is 0 Å². The molecule has 0 spiro atoms. The largest absolute Gasteiger partial charge is 0.315 e. The van der Waals surface area contributed by atoms with Gasteiger partial charge in [0.1, 0.15) is 0 Å². The summed E-state index contributed by atoms with van der Waals surface area (Å²) < 4.78 is 0. The van der Waals surface area contributed by atoms with Gasteiger partial charge in [-0.05, 0) is 18.4 Å². The maximum absolute atomic E-state index is 5.71. The molecule has 70 valence electrons. The van der Waals surface area contributed by atoms with Crippen molar-refractivity contribution in [3.8, 4) is 0 Å². The highest BCUT2D eigenvalue weighted by molar-refractivity contribution is 5.16. The number of hydrogen-bond donors (Lipinski definition) is 3. The molecule has 0 aromatic heterocycles. The molecule has 0 amide bonds. The molecule has 1 saturated heterocycles. The molecule has 1 fully saturated rings. The molecule has 1 aromatic rings. The summed E-state index contributed by atoms with van der Waals surface area (Å²) in [4.78, 5) is 0. The van der Waals surface area contributed by atoms with E-state index in [1.807, 2.05) is 6.07 Å². The summed E-state index contributed by atoms with van der Waals surface area (Å²) in [6, 6.07) is 10.9. The van der Waals surface area contributed by atoms with Gasteiger partial charge in [-0.2, -0.15) is 0 Å². The van der Waals surface area contributed by atoms with Crippen molar-refractivity contribution in [2.45, 2.75) is 25.0 Å². The Bertz CT molecular complexity index is 260. The van der Waals surface area contributed by atoms with Crippen LogP contribution in [-0.4, -0.2) is 12.2 Å². The van der Waals surface area contributed by atoms with Crippen LogP contribution in [0.2, 0.25) is 0 Å². The van der Waals surface area contributed by atoms with Gasteiger partial charge in [-0.15, -0.1) is 0 Å². The van der Waals surface area contributed by atoms with E-state index in [0.29, 0.717) is 6.04 Å². The Morgan fingerprint density at radius 2 is 2.00 bits per heavy atom. The van der Waals surface area contributed by atoms with Crippen LogP contribution in [0.5, 0.6) is 0 Å². The smallest absolute Gasteiger partial charge is 0.0694 e. The zero-order valence-corrected chi connectivity index (χ0v) is 7.53. The molecule has 2 atom stereocenters. The molecule has 0 radical (unpaired) electrons. The van der Waals surface area contributed by atoms with Gasteiger partial charge in [0, 0.05) is 6.04 Å². The van der Waals surface area contributed by atoms with Crippen molar-refractivity contribution in [2.75, 3.05) is 0 Å². The fourth-order valence-electron chi connectivity index (χ4n) is 1.68. The zero-order chi connectivity index (χ0) is 9.10. The van der Waals surface area contributed by atoms with Gasteiger partial charge in [0.05, 0.1) is 6.17 Å². The first-order chi connectivity index (χ1) is 6.34. The van der Waals surface area contributed by atoms with Crippen molar-refractivity contribution in [3.05, 3.63) is 35.9 Å². The van der Waals surface area contributed by atoms with E-state index in [1.165, 1.54) is 5.56 Å². The van der Waals surface area contributed by atoms with Crippen LogP contribution in [0.3, 0.4) is 0 Å². The fourth-order valence-corrected chi connectivity index (χ4v) is 1.68. The van der Waals surface area contributed by atoms with Crippen molar-refractivity contribution in [3.63, 3.8) is 0 Å². The van der Waals surface area contributed by atoms with E-state index in [4.69, 9.17) is 5.73 Å². The van der Waals surface area contributed by atoms with Gasteiger partial charge in [-0.1, -0.05) is 30.3 Å². The minimum atomic E-state index is 0.105. The average Bonchev–Trinajstić information content (AvgIpc) is 2.53. The first-order valence-electron chi connectivity index (χ1n) is 4.65. The molecular formula is C10H15N3. The number of benzene rings is 1. The van der Waals surface area contributed by atoms with Gasteiger partial charge in [-0.25, -0.2) is 5.43 Å². The minimum absolute atomic E-state index is 0.105. The van der Waals surface area contributed by atoms with Gasteiger partial charge in [-0.3, -0.25) is 5.43 Å². The molecule has 3 heteroatoms. The number of nitrogens with one attached hydrogen (secondary N) is 2. The lowest BCUT2D eigenvalue weighted by Crippen LogP contribution is -2.37. The molecule has 4 N–H and O–H groups in total. The van der Waals surface area contributed by atoms with Crippen LogP contribution in [-0.2, 0) is 6.42 Å². The Morgan fingerprint density at radius 3 is 2.62 bits per heavy atom. The number of nitrogens with two attached hydrogens (primary N) is 1. The van der Waals surface area contributed by atoms with E-state index >= 15 is 0 Å². The highest BCUT2D eigenvalue weighted by Crippen LogP contribution is 2.08. The van der Waals surface area contributed by atoms with Crippen LogP contribution < -0.4 is 16.6 Å². The van der Waals surface area contributed by atoms with Crippen LogP contribution in [0, 0.1) is 0 Å². The van der Waals surface area contributed by atoms with Gasteiger partial charge in [0.15, 0.2) is 0 Å². The molecule has 0 bridgehead atoms. The van der Waals surface area contributed by atoms with Crippen molar-refractivity contribution >= 4 is 0 Å². The van der Waals surface area contributed by atoms with Crippen LogP contribution >= 0.6 is 0 Å². The monoisotopic (exact) mass is 177 g/mol. The maximum atomic E-state index is 5.71. The van der Waals surface area contributed by atoms with E-state index in [9.17, 15) is 0 Å². The third-order valence-corrected chi connectivity index (χ3v) is 2.34. The highest BCUT2D eigenvalue weighted by Gasteiger charge is 2.19. The minimum Gasteiger partial charge on any atom is -0.315 e. The average molecular weight is 177 g/mol. The quantitative estimate of drug-likeness (QED) is 0.612. The zero-order valence-electron chi connectivity index (χ0n) is 7.53. The first-order valence-corrected chi connectivity index (χ1v) is 4.65. The summed E-state index contributed by atoms with van der Waals surface area (Å²) in [7, 11) is 0. The molecular weight excluding hydrogens is 162 g/mol. The highest BCUT2D eigenvalue weighted by atomic mass is 15.4. The number of hydrazine groups is 1. The third kappa shape index (κ3) is 2.28. The molecule has 13 heavy (non-hydrogen) atoms. The summed E-state index contributed by atoms with van der Waals surface area (Å²) in [5, 5.41) is 0. The molecule has 2 unspecified atom stereocenters. The Kier molecular flexibility index (Phi) is 2.59. The molecule has 1 aromatic carbocycles. The second kappa shape index (κ2) is 3.87. The van der Waals surface area contributed by atoms with Crippen LogP contribution in [0.4, 0.5) is 0 Å². The van der Waals surface area contributed by atoms with E-state index in [-0.39, 0.29) is 6.17 Å². The fraction of sp³-hybridized carbons (Fsp3) is 0.400. The van der Waals surface area contributed by atoms with E-state index < -0.39 is 0 Å². The molecule has 0 saturated carbocycles. The predicted molar refractivity (Wildman–Crippen MR) is 52.8 cm³/mol. The second-order valence-electron chi connectivity index (χ2n) is 3.52. The molecule has 1 heterocycles. The van der Waals surface area contributed by atoms with E-state index in [1.54, 1.807) is 0 Å². The number of rotatable bonds is 2. The Morgan fingerprint density at radius 1 is 1.23 bits per heavy atom.